The summed E-state index contributed by atoms with van der Waals surface area (Å²) in [5.41, 5.74) is 1.95. The van der Waals surface area contributed by atoms with Crippen molar-refractivity contribution >= 4 is 23.2 Å². The van der Waals surface area contributed by atoms with E-state index in [0.29, 0.717) is 34.7 Å². The SMILES string of the molecule is CC[C@@H](CO)NCc1cc(Cl)c(OCc2ccc(Cl)cc2)c(OC)c1. The lowest BCUT2D eigenvalue weighted by atomic mass is 10.1. The number of rotatable bonds is 9. The average molecular weight is 384 g/mol. The van der Waals surface area contributed by atoms with Crippen LogP contribution in [-0.2, 0) is 13.2 Å². The molecule has 25 heavy (non-hydrogen) atoms. The number of ether oxygens (including phenoxy) is 2. The highest BCUT2D eigenvalue weighted by Crippen LogP contribution is 2.37. The first-order chi connectivity index (χ1) is 12.1. The molecule has 0 unspecified atom stereocenters. The number of methoxy groups -OCH3 is 1. The molecule has 2 aromatic carbocycles. The summed E-state index contributed by atoms with van der Waals surface area (Å²) in [5.74, 6) is 1.09. The monoisotopic (exact) mass is 383 g/mol. The lowest BCUT2D eigenvalue weighted by Gasteiger charge is -2.17. The third-order valence-electron chi connectivity index (χ3n) is 3.89. The van der Waals surface area contributed by atoms with E-state index >= 15 is 0 Å². The Balaban J connectivity index is 2.09. The van der Waals surface area contributed by atoms with Crippen LogP contribution in [0, 0.1) is 0 Å². The van der Waals surface area contributed by atoms with E-state index in [0.717, 1.165) is 17.5 Å². The molecule has 0 aliphatic rings. The summed E-state index contributed by atoms with van der Waals surface area (Å²) in [6.45, 7) is 3.08. The first-order valence-corrected chi connectivity index (χ1v) is 8.90. The molecule has 0 saturated heterocycles. The van der Waals surface area contributed by atoms with Gasteiger partial charge in [-0.25, -0.2) is 0 Å². The molecule has 2 N–H and O–H groups in total. The average Bonchev–Trinajstić information content (AvgIpc) is 2.62. The fourth-order valence-electron chi connectivity index (χ4n) is 2.35. The van der Waals surface area contributed by atoms with Gasteiger partial charge in [-0.3, -0.25) is 0 Å². The largest absolute Gasteiger partial charge is 0.493 e. The minimum atomic E-state index is 0.0607. The number of nitrogens with one attached hydrogen (secondary N) is 1. The van der Waals surface area contributed by atoms with Crippen LogP contribution < -0.4 is 14.8 Å². The molecular formula is C19H23Cl2NO3. The van der Waals surface area contributed by atoms with Crippen LogP contribution >= 0.6 is 23.2 Å². The van der Waals surface area contributed by atoms with Gasteiger partial charge in [-0.2, -0.15) is 0 Å². The lowest BCUT2D eigenvalue weighted by Crippen LogP contribution is -2.31. The minimum Gasteiger partial charge on any atom is -0.493 e. The maximum atomic E-state index is 9.26. The Morgan fingerprint density at radius 3 is 2.44 bits per heavy atom. The van der Waals surface area contributed by atoms with Crippen molar-refractivity contribution in [2.45, 2.75) is 32.5 Å². The number of benzene rings is 2. The molecule has 0 bridgehead atoms. The van der Waals surface area contributed by atoms with E-state index in [2.05, 4.69) is 5.32 Å². The van der Waals surface area contributed by atoms with E-state index in [1.807, 2.05) is 43.3 Å². The van der Waals surface area contributed by atoms with Crippen molar-refractivity contribution in [2.75, 3.05) is 13.7 Å². The Hall–Kier alpha value is -1.46. The third kappa shape index (κ3) is 5.79. The number of halogens is 2. The van der Waals surface area contributed by atoms with E-state index in [9.17, 15) is 5.11 Å². The first-order valence-electron chi connectivity index (χ1n) is 8.15. The van der Waals surface area contributed by atoms with Crippen molar-refractivity contribution in [1.82, 2.24) is 5.32 Å². The quantitative estimate of drug-likeness (QED) is 0.671. The summed E-state index contributed by atoms with van der Waals surface area (Å²) in [6.07, 6.45) is 0.851. The zero-order valence-corrected chi connectivity index (χ0v) is 15.9. The summed E-state index contributed by atoms with van der Waals surface area (Å²) in [5, 5.41) is 13.7. The maximum Gasteiger partial charge on any atom is 0.180 e. The van der Waals surface area contributed by atoms with E-state index in [1.54, 1.807) is 7.11 Å². The number of hydrogen-bond acceptors (Lipinski definition) is 4. The van der Waals surface area contributed by atoms with Gasteiger partial charge in [0.2, 0.25) is 0 Å². The highest BCUT2D eigenvalue weighted by Gasteiger charge is 2.13. The molecule has 0 saturated carbocycles. The van der Waals surface area contributed by atoms with Gasteiger partial charge < -0.3 is 19.9 Å². The van der Waals surface area contributed by atoms with Gasteiger partial charge >= 0.3 is 0 Å². The molecule has 0 spiro atoms. The Labute approximate surface area is 158 Å². The van der Waals surface area contributed by atoms with Gasteiger partial charge in [0.1, 0.15) is 6.61 Å². The highest BCUT2D eigenvalue weighted by molar-refractivity contribution is 6.32. The van der Waals surface area contributed by atoms with Crippen LogP contribution in [-0.4, -0.2) is 24.9 Å². The smallest absolute Gasteiger partial charge is 0.180 e. The minimum absolute atomic E-state index is 0.0607. The van der Waals surface area contributed by atoms with E-state index in [4.69, 9.17) is 32.7 Å². The van der Waals surface area contributed by atoms with Gasteiger partial charge in [0.05, 0.1) is 18.7 Å². The Morgan fingerprint density at radius 2 is 1.84 bits per heavy atom. The van der Waals surface area contributed by atoms with Crippen molar-refractivity contribution in [3.8, 4) is 11.5 Å². The molecule has 0 aromatic heterocycles. The van der Waals surface area contributed by atoms with Gasteiger partial charge in [-0.15, -0.1) is 0 Å². The molecule has 0 aliphatic carbocycles. The van der Waals surface area contributed by atoms with Crippen molar-refractivity contribution in [2.24, 2.45) is 0 Å². The summed E-state index contributed by atoms with van der Waals surface area (Å²) < 4.78 is 11.3. The molecule has 6 heteroatoms. The molecule has 1 atom stereocenters. The topological polar surface area (TPSA) is 50.7 Å². The summed E-state index contributed by atoms with van der Waals surface area (Å²) >= 11 is 12.3. The van der Waals surface area contributed by atoms with Crippen molar-refractivity contribution in [1.29, 1.82) is 0 Å². The molecule has 0 amide bonds. The number of aliphatic hydroxyl groups excluding tert-OH is 1. The Bertz CT molecular complexity index is 673. The predicted molar refractivity (Wildman–Crippen MR) is 102 cm³/mol. The van der Waals surface area contributed by atoms with Gasteiger partial charge in [0, 0.05) is 17.6 Å². The summed E-state index contributed by atoms with van der Waals surface area (Å²) in [7, 11) is 1.58. The van der Waals surface area contributed by atoms with Gasteiger partial charge in [0.15, 0.2) is 11.5 Å². The molecule has 0 fully saturated rings. The second kappa shape index (κ2) is 9.88. The molecule has 2 rings (SSSR count). The van der Waals surface area contributed by atoms with Crippen molar-refractivity contribution in [3.63, 3.8) is 0 Å². The molecule has 0 heterocycles. The van der Waals surface area contributed by atoms with Crippen molar-refractivity contribution in [3.05, 3.63) is 57.6 Å². The van der Waals surface area contributed by atoms with Crippen molar-refractivity contribution < 1.29 is 14.6 Å². The molecule has 4 nitrogen and oxygen atoms in total. The normalized spacial score (nSPS) is 12.0. The van der Waals surface area contributed by atoms with Crippen LogP contribution in [0.5, 0.6) is 11.5 Å². The second-order valence-electron chi connectivity index (χ2n) is 5.69. The van der Waals surface area contributed by atoms with Crippen LogP contribution in [0.3, 0.4) is 0 Å². The molecular weight excluding hydrogens is 361 g/mol. The fourth-order valence-corrected chi connectivity index (χ4v) is 2.77. The Kier molecular flexibility index (Phi) is 7.85. The van der Waals surface area contributed by atoms with Gasteiger partial charge in [-0.1, -0.05) is 42.3 Å². The summed E-state index contributed by atoms with van der Waals surface area (Å²) in [6, 6.07) is 11.2. The lowest BCUT2D eigenvalue weighted by molar-refractivity contribution is 0.238. The van der Waals surface area contributed by atoms with E-state index in [1.165, 1.54) is 0 Å². The standard InChI is InChI=1S/C19H23Cl2NO3/c1-3-16(11-23)22-10-14-8-17(21)19(18(9-14)24-2)25-12-13-4-6-15(20)7-5-13/h4-9,16,22-23H,3,10-12H2,1-2H3/t16-/m0/s1. The van der Waals surface area contributed by atoms with Crippen LogP contribution in [0.25, 0.3) is 0 Å². The summed E-state index contributed by atoms with van der Waals surface area (Å²) in [4.78, 5) is 0. The predicted octanol–water partition coefficient (Wildman–Crippen LogP) is 4.44. The first kappa shape index (κ1) is 19.9. The second-order valence-corrected chi connectivity index (χ2v) is 6.54. The van der Waals surface area contributed by atoms with Gasteiger partial charge in [0.25, 0.3) is 0 Å². The highest BCUT2D eigenvalue weighted by atomic mass is 35.5. The zero-order valence-electron chi connectivity index (χ0n) is 14.4. The van der Waals surface area contributed by atoms with Crippen LogP contribution in [0.15, 0.2) is 36.4 Å². The number of hydrogen-bond donors (Lipinski definition) is 2. The van der Waals surface area contributed by atoms with Crippen LogP contribution in [0.2, 0.25) is 10.0 Å². The molecule has 2 aromatic rings. The van der Waals surface area contributed by atoms with E-state index < -0.39 is 0 Å². The molecule has 0 aliphatic heterocycles. The number of aliphatic hydroxyl groups is 1. The van der Waals surface area contributed by atoms with Crippen LogP contribution in [0.1, 0.15) is 24.5 Å². The fraction of sp³-hybridized carbons (Fsp3) is 0.368. The molecule has 136 valence electrons. The van der Waals surface area contributed by atoms with E-state index in [-0.39, 0.29) is 12.6 Å². The maximum absolute atomic E-state index is 9.26. The molecule has 0 radical (unpaired) electrons. The van der Waals surface area contributed by atoms with Gasteiger partial charge in [-0.05, 0) is 41.8 Å². The Morgan fingerprint density at radius 1 is 1.12 bits per heavy atom. The zero-order chi connectivity index (χ0) is 18.2. The third-order valence-corrected chi connectivity index (χ3v) is 4.43. The van der Waals surface area contributed by atoms with Crippen LogP contribution in [0.4, 0.5) is 0 Å².